The summed E-state index contributed by atoms with van der Waals surface area (Å²) in [5.74, 6) is -0.640. The van der Waals surface area contributed by atoms with Crippen molar-refractivity contribution in [1.29, 1.82) is 0 Å². The zero-order chi connectivity index (χ0) is 13.1. The van der Waals surface area contributed by atoms with Gasteiger partial charge in [-0.15, -0.1) is 0 Å². The van der Waals surface area contributed by atoms with E-state index < -0.39 is 5.97 Å². The third-order valence-corrected chi connectivity index (χ3v) is 3.55. The Labute approximate surface area is 106 Å². The Kier molecular flexibility index (Phi) is 3.97. The van der Waals surface area contributed by atoms with E-state index in [1.165, 1.54) is 6.07 Å². The molecule has 1 heterocycles. The van der Waals surface area contributed by atoms with Gasteiger partial charge in [-0.05, 0) is 30.9 Å². The largest absolute Gasteiger partial charge is 0.481 e. The Morgan fingerprint density at radius 3 is 2.78 bits per heavy atom. The molecule has 1 unspecified atom stereocenters. The highest BCUT2D eigenvalue weighted by atomic mass is 19.1. The third kappa shape index (κ3) is 3.07. The van der Waals surface area contributed by atoms with Crippen molar-refractivity contribution in [3.05, 3.63) is 35.6 Å². The van der Waals surface area contributed by atoms with E-state index in [0.717, 1.165) is 18.7 Å². The maximum absolute atomic E-state index is 13.5. The van der Waals surface area contributed by atoms with Crippen LogP contribution in [0.5, 0.6) is 0 Å². The lowest BCUT2D eigenvalue weighted by Gasteiger charge is -2.42. The standard InChI is InChI=1S/C14H18FNO2/c1-10(6-12-4-2-3-5-13(12)15)16-8-11(9-16)7-14(17)18/h2-5,10-11H,6-9H2,1H3,(H,17,18). The molecule has 1 atom stereocenters. The second-order valence-electron chi connectivity index (χ2n) is 5.06. The fourth-order valence-electron chi connectivity index (χ4n) is 2.46. The summed E-state index contributed by atoms with van der Waals surface area (Å²) in [6, 6.07) is 7.07. The van der Waals surface area contributed by atoms with Gasteiger partial charge >= 0.3 is 5.97 Å². The number of halogens is 1. The second-order valence-corrected chi connectivity index (χ2v) is 5.06. The van der Waals surface area contributed by atoms with Crippen LogP contribution in [-0.2, 0) is 11.2 Å². The minimum Gasteiger partial charge on any atom is -0.481 e. The fourth-order valence-corrected chi connectivity index (χ4v) is 2.46. The number of rotatable bonds is 5. The van der Waals surface area contributed by atoms with Crippen LogP contribution in [0.4, 0.5) is 4.39 Å². The normalized spacial score (nSPS) is 18.3. The van der Waals surface area contributed by atoms with Crippen molar-refractivity contribution in [3.63, 3.8) is 0 Å². The zero-order valence-electron chi connectivity index (χ0n) is 10.5. The fraction of sp³-hybridized carbons (Fsp3) is 0.500. The van der Waals surface area contributed by atoms with E-state index in [2.05, 4.69) is 11.8 Å². The van der Waals surface area contributed by atoms with Gasteiger partial charge in [0.1, 0.15) is 5.82 Å². The van der Waals surface area contributed by atoms with E-state index in [9.17, 15) is 9.18 Å². The highest BCUT2D eigenvalue weighted by Crippen LogP contribution is 2.23. The molecule has 1 fully saturated rings. The third-order valence-electron chi connectivity index (χ3n) is 3.55. The maximum atomic E-state index is 13.5. The Morgan fingerprint density at radius 1 is 1.50 bits per heavy atom. The van der Waals surface area contributed by atoms with E-state index in [1.54, 1.807) is 12.1 Å². The van der Waals surface area contributed by atoms with Gasteiger partial charge in [0.05, 0.1) is 6.42 Å². The van der Waals surface area contributed by atoms with Crippen LogP contribution in [0.15, 0.2) is 24.3 Å². The number of likely N-dealkylation sites (tertiary alicyclic amines) is 1. The quantitative estimate of drug-likeness (QED) is 0.871. The van der Waals surface area contributed by atoms with Crippen LogP contribution >= 0.6 is 0 Å². The van der Waals surface area contributed by atoms with Crippen molar-refractivity contribution in [2.45, 2.75) is 25.8 Å². The predicted octanol–water partition coefficient (Wildman–Crippen LogP) is 2.16. The van der Waals surface area contributed by atoms with E-state index in [0.29, 0.717) is 6.42 Å². The summed E-state index contributed by atoms with van der Waals surface area (Å²) in [5, 5.41) is 8.68. The monoisotopic (exact) mass is 251 g/mol. The SMILES string of the molecule is CC(Cc1ccccc1F)N1CC(CC(=O)O)C1. The van der Waals surface area contributed by atoms with Gasteiger partial charge in [-0.1, -0.05) is 18.2 Å². The maximum Gasteiger partial charge on any atom is 0.303 e. The molecule has 0 bridgehead atoms. The van der Waals surface area contributed by atoms with Crippen LogP contribution in [0.25, 0.3) is 0 Å². The Hall–Kier alpha value is -1.42. The first-order chi connectivity index (χ1) is 8.56. The lowest BCUT2D eigenvalue weighted by atomic mass is 9.93. The molecule has 0 aliphatic carbocycles. The molecule has 2 rings (SSSR count). The highest BCUT2D eigenvalue weighted by molar-refractivity contribution is 5.67. The molecule has 1 aliphatic rings. The minimum absolute atomic E-state index is 0.160. The Balaban J connectivity index is 1.82. The van der Waals surface area contributed by atoms with E-state index in [1.807, 2.05) is 6.07 Å². The number of carboxylic acid groups (broad SMARTS) is 1. The number of hydrogen-bond acceptors (Lipinski definition) is 2. The highest BCUT2D eigenvalue weighted by Gasteiger charge is 2.31. The van der Waals surface area contributed by atoms with Crippen molar-refractivity contribution < 1.29 is 14.3 Å². The van der Waals surface area contributed by atoms with Crippen molar-refractivity contribution in [2.75, 3.05) is 13.1 Å². The number of nitrogens with zero attached hydrogens (tertiary/aromatic N) is 1. The van der Waals surface area contributed by atoms with Crippen molar-refractivity contribution in [1.82, 2.24) is 4.90 Å². The van der Waals surface area contributed by atoms with Crippen LogP contribution in [0.2, 0.25) is 0 Å². The lowest BCUT2D eigenvalue weighted by molar-refractivity contribution is -0.139. The number of carboxylic acids is 1. The van der Waals surface area contributed by atoms with Gasteiger partial charge < -0.3 is 5.11 Å². The molecular weight excluding hydrogens is 233 g/mol. The average molecular weight is 251 g/mol. The first-order valence-corrected chi connectivity index (χ1v) is 6.25. The van der Waals surface area contributed by atoms with Crippen molar-refractivity contribution in [2.24, 2.45) is 5.92 Å². The molecule has 3 nitrogen and oxygen atoms in total. The van der Waals surface area contributed by atoms with E-state index in [4.69, 9.17) is 5.11 Å². The van der Waals surface area contributed by atoms with Crippen LogP contribution in [0, 0.1) is 11.7 Å². The second kappa shape index (κ2) is 5.48. The van der Waals surface area contributed by atoms with Gasteiger partial charge in [0.15, 0.2) is 0 Å². The molecule has 0 spiro atoms. The molecule has 98 valence electrons. The molecule has 18 heavy (non-hydrogen) atoms. The van der Waals surface area contributed by atoms with Gasteiger partial charge in [-0.2, -0.15) is 0 Å². The molecule has 4 heteroatoms. The number of benzene rings is 1. The van der Waals surface area contributed by atoms with E-state index in [-0.39, 0.29) is 24.2 Å². The average Bonchev–Trinajstić information content (AvgIpc) is 2.25. The van der Waals surface area contributed by atoms with Gasteiger partial charge in [0.25, 0.3) is 0 Å². The molecule has 1 aromatic carbocycles. The summed E-state index contributed by atoms with van der Waals surface area (Å²) in [7, 11) is 0. The summed E-state index contributed by atoms with van der Waals surface area (Å²) < 4.78 is 13.5. The Bertz CT molecular complexity index is 430. The molecule has 0 radical (unpaired) electrons. The van der Waals surface area contributed by atoms with Gasteiger partial charge in [-0.25, -0.2) is 4.39 Å². The number of carbonyl (C=O) groups is 1. The van der Waals surface area contributed by atoms with E-state index >= 15 is 0 Å². The molecule has 0 saturated carbocycles. The lowest BCUT2D eigenvalue weighted by Crippen LogP contribution is -2.52. The van der Waals surface area contributed by atoms with Gasteiger partial charge in [-0.3, -0.25) is 9.69 Å². The summed E-state index contributed by atoms with van der Waals surface area (Å²) in [5.41, 5.74) is 0.728. The minimum atomic E-state index is -0.735. The predicted molar refractivity (Wildman–Crippen MR) is 66.9 cm³/mol. The number of aliphatic carboxylic acids is 1. The summed E-state index contributed by atoms with van der Waals surface area (Å²) >= 11 is 0. The van der Waals surface area contributed by atoms with Crippen LogP contribution in [-0.4, -0.2) is 35.1 Å². The summed E-state index contributed by atoms with van der Waals surface area (Å²) in [6.45, 7) is 3.67. The first-order valence-electron chi connectivity index (χ1n) is 6.25. The molecule has 1 aliphatic heterocycles. The molecule has 1 N–H and O–H groups in total. The molecular formula is C14H18FNO2. The smallest absolute Gasteiger partial charge is 0.303 e. The van der Waals surface area contributed by atoms with Crippen LogP contribution in [0.1, 0.15) is 18.9 Å². The van der Waals surface area contributed by atoms with Gasteiger partial charge in [0.2, 0.25) is 0 Å². The topological polar surface area (TPSA) is 40.5 Å². The zero-order valence-corrected chi connectivity index (χ0v) is 10.5. The molecule has 1 saturated heterocycles. The van der Waals surface area contributed by atoms with Crippen LogP contribution in [0.3, 0.4) is 0 Å². The van der Waals surface area contributed by atoms with Gasteiger partial charge in [0, 0.05) is 19.1 Å². The molecule has 0 aromatic heterocycles. The summed E-state index contributed by atoms with van der Waals surface area (Å²) in [6.07, 6.45) is 0.912. The molecule has 1 aromatic rings. The Morgan fingerprint density at radius 2 is 2.17 bits per heavy atom. The molecule has 0 amide bonds. The van der Waals surface area contributed by atoms with Crippen molar-refractivity contribution >= 4 is 5.97 Å². The van der Waals surface area contributed by atoms with Crippen LogP contribution < -0.4 is 0 Å². The number of hydrogen-bond donors (Lipinski definition) is 1. The van der Waals surface area contributed by atoms with Crippen molar-refractivity contribution in [3.8, 4) is 0 Å². The summed E-state index contributed by atoms with van der Waals surface area (Å²) in [4.78, 5) is 12.8. The first kappa shape index (κ1) is 13.0.